The zero-order valence-electron chi connectivity index (χ0n) is 13.5. The molecule has 0 fully saturated rings. The quantitative estimate of drug-likeness (QED) is 0.681. The van der Waals surface area contributed by atoms with Crippen molar-refractivity contribution in [3.63, 3.8) is 0 Å². The van der Waals surface area contributed by atoms with Crippen LogP contribution in [0.5, 0.6) is 0 Å². The van der Waals surface area contributed by atoms with Gasteiger partial charge in [-0.2, -0.15) is 0 Å². The van der Waals surface area contributed by atoms with E-state index in [1.807, 2.05) is 13.8 Å². The van der Waals surface area contributed by atoms with Crippen molar-refractivity contribution in [2.75, 3.05) is 27.4 Å². The Hall–Kier alpha value is -2.18. The lowest BCUT2D eigenvalue weighted by Crippen LogP contribution is -2.22. The van der Waals surface area contributed by atoms with E-state index in [1.54, 1.807) is 0 Å². The third kappa shape index (κ3) is 5.67. The fourth-order valence-corrected chi connectivity index (χ4v) is 1.87. The third-order valence-electron chi connectivity index (χ3n) is 3.15. The third-order valence-corrected chi connectivity index (χ3v) is 3.15. The Bertz CT molecular complexity index is 438. The maximum Gasteiger partial charge on any atom is 0.308 e. The number of hydrogen-bond acceptors (Lipinski definition) is 7. The van der Waals surface area contributed by atoms with Crippen LogP contribution < -0.4 is 5.32 Å². The first kappa shape index (κ1) is 17.9. The van der Waals surface area contributed by atoms with Crippen molar-refractivity contribution in [2.45, 2.75) is 33.1 Å². The van der Waals surface area contributed by atoms with E-state index in [9.17, 15) is 9.59 Å². The first-order chi connectivity index (χ1) is 10.5. The molecule has 0 unspecified atom stereocenters. The summed E-state index contributed by atoms with van der Waals surface area (Å²) in [6.07, 6.45) is 0.857. The smallest absolute Gasteiger partial charge is 0.308 e. The highest BCUT2D eigenvalue weighted by Crippen LogP contribution is 2.24. The van der Waals surface area contributed by atoms with Crippen molar-refractivity contribution in [1.82, 2.24) is 5.32 Å². The molecule has 1 rings (SSSR count). The summed E-state index contributed by atoms with van der Waals surface area (Å²) in [6, 6.07) is 0. The Balaban J connectivity index is 2.47. The first-order valence-corrected chi connectivity index (χ1v) is 7.03. The molecule has 0 spiro atoms. The van der Waals surface area contributed by atoms with Crippen molar-refractivity contribution >= 4 is 11.9 Å². The molecule has 0 atom stereocenters. The van der Waals surface area contributed by atoms with Gasteiger partial charge in [0.1, 0.15) is 11.5 Å². The normalized spacial score (nSPS) is 14.4. The molecule has 0 saturated heterocycles. The summed E-state index contributed by atoms with van der Waals surface area (Å²) < 4.78 is 20.3. The van der Waals surface area contributed by atoms with E-state index in [0.29, 0.717) is 17.9 Å². The molecule has 1 N–H and O–H groups in total. The van der Waals surface area contributed by atoms with Crippen LogP contribution in [-0.4, -0.2) is 39.4 Å². The largest absolute Gasteiger partial charge is 0.495 e. The Morgan fingerprint density at radius 1 is 0.909 bits per heavy atom. The molecule has 0 aliphatic carbocycles. The van der Waals surface area contributed by atoms with Gasteiger partial charge in [-0.1, -0.05) is 0 Å². The molecule has 124 valence electrons. The van der Waals surface area contributed by atoms with E-state index in [2.05, 4.69) is 14.8 Å². The Morgan fingerprint density at radius 3 is 1.68 bits per heavy atom. The van der Waals surface area contributed by atoms with Gasteiger partial charge in [-0.05, 0) is 13.8 Å². The second-order valence-corrected chi connectivity index (χ2v) is 4.75. The minimum atomic E-state index is -0.316. The highest BCUT2D eigenvalue weighted by molar-refractivity contribution is 5.69. The number of methoxy groups -OCH3 is 2. The molecule has 1 heterocycles. The van der Waals surface area contributed by atoms with E-state index >= 15 is 0 Å². The molecule has 1 aliphatic rings. The van der Waals surface area contributed by atoms with Crippen molar-refractivity contribution in [3.05, 3.63) is 22.9 Å². The van der Waals surface area contributed by atoms with Gasteiger partial charge >= 0.3 is 11.9 Å². The van der Waals surface area contributed by atoms with Crippen LogP contribution in [0, 0.1) is 0 Å². The molecule has 0 amide bonds. The molecule has 0 aromatic rings. The van der Waals surface area contributed by atoms with Crippen LogP contribution in [0.2, 0.25) is 0 Å². The van der Waals surface area contributed by atoms with Crippen LogP contribution in [0.4, 0.5) is 0 Å². The fourth-order valence-electron chi connectivity index (χ4n) is 1.87. The lowest BCUT2D eigenvalue weighted by atomic mass is 10.1. The van der Waals surface area contributed by atoms with Crippen molar-refractivity contribution in [3.8, 4) is 0 Å². The predicted octanol–water partition coefficient (Wildman–Crippen LogP) is 1.60. The number of carbonyl (C=O) groups is 2. The highest BCUT2D eigenvalue weighted by atomic mass is 16.5. The lowest BCUT2D eigenvalue weighted by molar-refractivity contribution is -0.142. The van der Waals surface area contributed by atoms with Gasteiger partial charge in [-0.3, -0.25) is 9.59 Å². The van der Waals surface area contributed by atoms with Gasteiger partial charge in [0, 0.05) is 0 Å². The number of dihydropyridines is 1. The van der Waals surface area contributed by atoms with Gasteiger partial charge in [0.2, 0.25) is 0 Å². The van der Waals surface area contributed by atoms with E-state index in [4.69, 9.17) is 9.47 Å². The van der Waals surface area contributed by atoms with Gasteiger partial charge in [0.15, 0.2) is 0 Å². The molecule has 0 bridgehead atoms. The molecule has 22 heavy (non-hydrogen) atoms. The number of nitrogens with one attached hydrogen (secondary N) is 1. The number of rotatable bonds is 8. The maximum absolute atomic E-state index is 11.1. The Morgan fingerprint density at radius 2 is 1.32 bits per heavy atom. The summed E-state index contributed by atoms with van der Waals surface area (Å²) in [4.78, 5) is 22.1. The minimum absolute atomic E-state index is 0.189. The van der Waals surface area contributed by atoms with Gasteiger partial charge in [0.25, 0.3) is 0 Å². The van der Waals surface area contributed by atoms with Crippen molar-refractivity contribution in [2.24, 2.45) is 0 Å². The predicted molar refractivity (Wildman–Crippen MR) is 78.3 cm³/mol. The lowest BCUT2D eigenvalue weighted by Gasteiger charge is -2.24. The number of esters is 2. The minimum Gasteiger partial charge on any atom is -0.495 e. The van der Waals surface area contributed by atoms with Crippen LogP contribution >= 0.6 is 0 Å². The molecule has 0 saturated carbocycles. The van der Waals surface area contributed by atoms with Crippen molar-refractivity contribution < 1.29 is 28.5 Å². The fraction of sp³-hybridized carbons (Fsp3) is 0.600. The monoisotopic (exact) mass is 313 g/mol. The number of allylic oxidation sites excluding steroid dienone is 2. The van der Waals surface area contributed by atoms with Gasteiger partial charge in [-0.25, -0.2) is 0 Å². The standard InChI is InChI=1S/C15H23NO6/c1-10-12(21-7-5-14(17)19-3)9-13(11(2)16-10)22-8-6-15(18)20-4/h16H,5-9H2,1-4H3. The zero-order chi connectivity index (χ0) is 16.5. The summed E-state index contributed by atoms with van der Waals surface area (Å²) in [5, 5.41) is 3.16. The van der Waals surface area contributed by atoms with Crippen molar-refractivity contribution in [1.29, 1.82) is 0 Å². The van der Waals surface area contributed by atoms with E-state index in [0.717, 1.165) is 11.4 Å². The first-order valence-electron chi connectivity index (χ1n) is 7.03. The van der Waals surface area contributed by atoms with Gasteiger partial charge in [-0.15, -0.1) is 0 Å². The number of hydrogen-bond donors (Lipinski definition) is 1. The molecule has 1 aliphatic heterocycles. The second kappa shape index (κ2) is 8.96. The molecular weight excluding hydrogens is 290 g/mol. The topological polar surface area (TPSA) is 83.1 Å². The SMILES string of the molecule is COC(=O)CCOC1=C(C)NC(C)=C(OCCC(=O)OC)C1. The number of ether oxygens (including phenoxy) is 4. The molecule has 7 nitrogen and oxygen atoms in total. The molecule has 0 aromatic carbocycles. The Kier molecular flexibility index (Phi) is 7.28. The highest BCUT2D eigenvalue weighted by Gasteiger charge is 2.18. The van der Waals surface area contributed by atoms with Crippen LogP contribution in [0.25, 0.3) is 0 Å². The van der Waals surface area contributed by atoms with Crippen LogP contribution in [0.15, 0.2) is 22.9 Å². The molecule has 0 aromatic heterocycles. The summed E-state index contributed by atoms with van der Waals surface area (Å²) >= 11 is 0. The second-order valence-electron chi connectivity index (χ2n) is 4.75. The van der Waals surface area contributed by atoms with E-state index in [1.165, 1.54) is 14.2 Å². The van der Waals surface area contributed by atoms with Crippen LogP contribution in [-0.2, 0) is 28.5 Å². The zero-order valence-corrected chi connectivity index (χ0v) is 13.5. The summed E-state index contributed by atoms with van der Waals surface area (Å²) in [7, 11) is 2.68. The van der Waals surface area contributed by atoms with E-state index in [-0.39, 0.29) is 38.0 Å². The number of carbonyl (C=O) groups excluding carboxylic acids is 2. The maximum atomic E-state index is 11.1. The van der Waals surface area contributed by atoms with E-state index < -0.39 is 0 Å². The van der Waals surface area contributed by atoms with Crippen LogP contribution in [0.1, 0.15) is 33.1 Å². The summed E-state index contributed by atoms with van der Waals surface area (Å²) in [6.45, 7) is 4.27. The average molecular weight is 313 g/mol. The van der Waals surface area contributed by atoms with Crippen LogP contribution in [0.3, 0.4) is 0 Å². The summed E-state index contributed by atoms with van der Waals surface area (Å²) in [5.74, 6) is 0.789. The molecule has 7 heteroatoms. The summed E-state index contributed by atoms with van der Waals surface area (Å²) in [5.41, 5.74) is 1.75. The molecular formula is C15H23NO6. The van der Waals surface area contributed by atoms with Gasteiger partial charge in [0.05, 0.1) is 58.1 Å². The van der Waals surface area contributed by atoms with Gasteiger partial charge < -0.3 is 24.3 Å². The Labute approximate surface area is 130 Å². The molecule has 0 radical (unpaired) electrons. The average Bonchev–Trinajstić information content (AvgIpc) is 2.50.